The number of fused-ring (bicyclic) bond motifs is 5. The SMILES string of the molecule is FC(F)CNC1CC2CC1C1CCCC21. The molecule has 3 saturated carbocycles. The summed E-state index contributed by atoms with van der Waals surface area (Å²) < 4.78 is 24.3. The van der Waals surface area contributed by atoms with E-state index < -0.39 is 6.43 Å². The molecule has 5 atom stereocenters. The molecule has 5 unspecified atom stereocenters. The van der Waals surface area contributed by atoms with Crippen molar-refractivity contribution < 1.29 is 8.78 Å². The molecule has 0 spiro atoms. The number of hydrogen-bond donors (Lipinski definition) is 1. The summed E-state index contributed by atoms with van der Waals surface area (Å²) in [7, 11) is 0. The number of alkyl halides is 2. The number of hydrogen-bond acceptors (Lipinski definition) is 1. The van der Waals surface area contributed by atoms with Crippen molar-refractivity contribution in [2.75, 3.05) is 6.54 Å². The van der Waals surface area contributed by atoms with Gasteiger partial charge in [-0.05, 0) is 49.4 Å². The fourth-order valence-electron chi connectivity index (χ4n) is 4.54. The van der Waals surface area contributed by atoms with Gasteiger partial charge in [0.2, 0.25) is 0 Å². The van der Waals surface area contributed by atoms with Crippen LogP contribution in [0.2, 0.25) is 0 Å². The van der Waals surface area contributed by atoms with Crippen LogP contribution in [0, 0.1) is 23.7 Å². The topological polar surface area (TPSA) is 12.0 Å². The molecule has 1 N–H and O–H groups in total. The third kappa shape index (κ3) is 1.59. The highest BCUT2D eigenvalue weighted by atomic mass is 19.3. The summed E-state index contributed by atoms with van der Waals surface area (Å²) in [4.78, 5) is 0. The quantitative estimate of drug-likeness (QED) is 0.763. The monoisotopic (exact) mass is 215 g/mol. The molecule has 3 aliphatic rings. The Balaban J connectivity index is 1.61. The normalized spacial score (nSPS) is 47.8. The van der Waals surface area contributed by atoms with Crippen LogP contribution in [0.3, 0.4) is 0 Å². The average molecular weight is 215 g/mol. The zero-order valence-electron chi connectivity index (χ0n) is 8.96. The minimum Gasteiger partial charge on any atom is -0.308 e. The molecular weight excluding hydrogens is 196 g/mol. The minimum atomic E-state index is -2.19. The molecule has 3 aliphatic carbocycles. The van der Waals surface area contributed by atoms with Crippen molar-refractivity contribution in [2.45, 2.75) is 44.6 Å². The van der Waals surface area contributed by atoms with Gasteiger partial charge in [-0.1, -0.05) is 6.42 Å². The second-order valence-electron chi connectivity index (χ2n) is 5.56. The van der Waals surface area contributed by atoms with Crippen molar-refractivity contribution in [2.24, 2.45) is 23.7 Å². The highest BCUT2D eigenvalue weighted by molar-refractivity contribution is 5.05. The molecule has 3 heteroatoms. The molecule has 3 fully saturated rings. The standard InChI is InChI=1S/C12H19F2N/c13-12(14)6-15-11-5-7-4-10(11)9-3-1-2-8(7)9/h7-12,15H,1-6H2. The van der Waals surface area contributed by atoms with Crippen molar-refractivity contribution in [3.8, 4) is 0 Å². The molecule has 0 amide bonds. The van der Waals surface area contributed by atoms with E-state index in [-0.39, 0.29) is 6.54 Å². The molecule has 2 bridgehead atoms. The van der Waals surface area contributed by atoms with E-state index >= 15 is 0 Å². The van der Waals surface area contributed by atoms with Gasteiger partial charge in [-0.15, -0.1) is 0 Å². The summed E-state index contributed by atoms with van der Waals surface area (Å²) in [5, 5.41) is 3.08. The Kier molecular flexibility index (Phi) is 2.46. The Morgan fingerprint density at radius 1 is 1.07 bits per heavy atom. The fourth-order valence-corrected chi connectivity index (χ4v) is 4.54. The van der Waals surface area contributed by atoms with Gasteiger partial charge in [0.15, 0.2) is 0 Å². The smallest absolute Gasteiger partial charge is 0.250 e. The van der Waals surface area contributed by atoms with E-state index in [9.17, 15) is 8.78 Å². The first-order chi connectivity index (χ1) is 7.25. The molecular formula is C12H19F2N. The van der Waals surface area contributed by atoms with Crippen molar-refractivity contribution in [1.29, 1.82) is 0 Å². The van der Waals surface area contributed by atoms with E-state index in [1.807, 2.05) is 0 Å². The molecule has 86 valence electrons. The van der Waals surface area contributed by atoms with Crippen LogP contribution in [0.5, 0.6) is 0 Å². The van der Waals surface area contributed by atoms with Gasteiger partial charge in [0.05, 0.1) is 6.54 Å². The first kappa shape index (κ1) is 10.0. The van der Waals surface area contributed by atoms with Crippen LogP contribution >= 0.6 is 0 Å². The van der Waals surface area contributed by atoms with E-state index in [1.54, 1.807) is 0 Å². The Morgan fingerprint density at radius 3 is 2.67 bits per heavy atom. The van der Waals surface area contributed by atoms with E-state index in [4.69, 9.17) is 0 Å². The van der Waals surface area contributed by atoms with Gasteiger partial charge in [0, 0.05) is 6.04 Å². The van der Waals surface area contributed by atoms with Gasteiger partial charge in [0.1, 0.15) is 0 Å². The van der Waals surface area contributed by atoms with Crippen LogP contribution < -0.4 is 5.32 Å². The van der Waals surface area contributed by atoms with Gasteiger partial charge in [-0.3, -0.25) is 0 Å². The molecule has 0 heterocycles. The predicted molar refractivity (Wildman–Crippen MR) is 54.8 cm³/mol. The minimum absolute atomic E-state index is 0.106. The summed E-state index contributed by atoms with van der Waals surface area (Å²) in [6, 6.07) is 0.406. The Bertz CT molecular complexity index is 244. The zero-order chi connectivity index (χ0) is 10.4. The second-order valence-corrected chi connectivity index (χ2v) is 5.56. The summed E-state index contributed by atoms with van der Waals surface area (Å²) in [6.07, 6.45) is 4.44. The van der Waals surface area contributed by atoms with Crippen molar-refractivity contribution >= 4 is 0 Å². The van der Waals surface area contributed by atoms with Crippen LogP contribution in [0.15, 0.2) is 0 Å². The lowest BCUT2D eigenvalue weighted by molar-refractivity contribution is 0.126. The lowest BCUT2D eigenvalue weighted by Crippen LogP contribution is -2.41. The summed E-state index contributed by atoms with van der Waals surface area (Å²) in [5.41, 5.74) is 0. The van der Waals surface area contributed by atoms with Crippen LogP contribution in [-0.2, 0) is 0 Å². The van der Waals surface area contributed by atoms with Crippen LogP contribution in [0.1, 0.15) is 32.1 Å². The summed E-state index contributed by atoms with van der Waals surface area (Å²) in [5.74, 6) is 3.41. The van der Waals surface area contributed by atoms with Gasteiger partial charge >= 0.3 is 0 Å². The second kappa shape index (κ2) is 3.69. The van der Waals surface area contributed by atoms with E-state index in [2.05, 4.69) is 5.32 Å². The molecule has 3 rings (SSSR count). The van der Waals surface area contributed by atoms with Crippen LogP contribution in [0.4, 0.5) is 8.78 Å². The molecule has 0 radical (unpaired) electrons. The lowest BCUT2D eigenvalue weighted by Gasteiger charge is -2.32. The van der Waals surface area contributed by atoms with Crippen LogP contribution in [0.25, 0.3) is 0 Å². The molecule has 15 heavy (non-hydrogen) atoms. The van der Waals surface area contributed by atoms with Crippen molar-refractivity contribution in [1.82, 2.24) is 5.32 Å². The maximum atomic E-state index is 12.1. The summed E-state index contributed by atoms with van der Waals surface area (Å²) >= 11 is 0. The van der Waals surface area contributed by atoms with E-state index in [1.165, 1.54) is 32.1 Å². The predicted octanol–water partition coefficient (Wildman–Crippen LogP) is 2.67. The van der Waals surface area contributed by atoms with Gasteiger partial charge in [-0.25, -0.2) is 8.78 Å². The maximum absolute atomic E-state index is 12.1. The Hall–Kier alpha value is -0.180. The molecule has 0 aliphatic heterocycles. The zero-order valence-corrected chi connectivity index (χ0v) is 8.96. The largest absolute Gasteiger partial charge is 0.308 e. The maximum Gasteiger partial charge on any atom is 0.250 e. The third-order valence-electron chi connectivity index (χ3n) is 4.96. The van der Waals surface area contributed by atoms with Crippen molar-refractivity contribution in [3.63, 3.8) is 0 Å². The van der Waals surface area contributed by atoms with Gasteiger partial charge < -0.3 is 5.32 Å². The van der Waals surface area contributed by atoms with E-state index in [0.717, 1.165) is 23.7 Å². The molecule has 0 aromatic rings. The van der Waals surface area contributed by atoms with E-state index in [0.29, 0.717) is 6.04 Å². The van der Waals surface area contributed by atoms with Crippen LogP contribution in [-0.4, -0.2) is 19.0 Å². The fraction of sp³-hybridized carbons (Fsp3) is 1.00. The van der Waals surface area contributed by atoms with Gasteiger partial charge in [-0.2, -0.15) is 0 Å². The number of nitrogens with one attached hydrogen (secondary N) is 1. The lowest BCUT2D eigenvalue weighted by atomic mass is 9.79. The molecule has 0 saturated heterocycles. The first-order valence-electron chi connectivity index (χ1n) is 6.27. The summed E-state index contributed by atoms with van der Waals surface area (Å²) in [6.45, 7) is -0.106. The molecule has 0 aromatic heterocycles. The number of halogens is 2. The highest BCUT2D eigenvalue weighted by Crippen LogP contribution is 2.58. The average Bonchev–Trinajstić information content (AvgIpc) is 2.86. The Morgan fingerprint density at radius 2 is 1.87 bits per heavy atom. The molecule has 0 aromatic carbocycles. The van der Waals surface area contributed by atoms with Crippen molar-refractivity contribution in [3.05, 3.63) is 0 Å². The number of rotatable bonds is 3. The Labute approximate surface area is 89.6 Å². The first-order valence-corrected chi connectivity index (χ1v) is 6.27. The van der Waals surface area contributed by atoms with Gasteiger partial charge in [0.25, 0.3) is 6.43 Å². The third-order valence-corrected chi connectivity index (χ3v) is 4.96. The highest BCUT2D eigenvalue weighted by Gasteiger charge is 2.53. The molecule has 1 nitrogen and oxygen atoms in total.